The number of aliphatic carboxylic acids is 1. The highest BCUT2D eigenvalue weighted by atomic mass is 16.5. The van der Waals surface area contributed by atoms with Crippen molar-refractivity contribution in [3.8, 4) is 0 Å². The number of ether oxygens (including phenoxy) is 1. The third-order valence-corrected chi connectivity index (χ3v) is 3.06. The zero-order valence-electron chi connectivity index (χ0n) is 9.45. The van der Waals surface area contributed by atoms with E-state index < -0.39 is 11.6 Å². The fourth-order valence-electron chi connectivity index (χ4n) is 2.41. The molecule has 1 fully saturated rings. The lowest BCUT2D eigenvalue weighted by Crippen LogP contribution is -2.48. The van der Waals surface area contributed by atoms with Gasteiger partial charge in [-0.1, -0.05) is 13.8 Å². The van der Waals surface area contributed by atoms with Crippen LogP contribution in [0.25, 0.3) is 0 Å². The molecule has 88 valence electrons. The third kappa shape index (κ3) is 2.92. The lowest BCUT2D eigenvalue weighted by Gasteiger charge is -2.41. The summed E-state index contributed by atoms with van der Waals surface area (Å²) in [4.78, 5) is 11.3. The van der Waals surface area contributed by atoms with E-state index in [0.717, 1.165) is 12.8 Å². The predicted octanol–water partition coefficient (Wildman–Crippen LogP) is 1.42. The van der Waals surface area contributed by atoms with Crippen LogP contribution in [0.3, 0.4) is 0 Å². The minimum atomic E-state index is -1.08. The van der Waals surface area contributed by atoms with Crippen LogP contribution >= 0.6 is 0 Å². The Balaban J connectivity index is 2.76. The van der Waals surface area contributed by atoms with Gasteiger partial charge in [-0.2, -0.15) is 0 Å². The summed E-state index contributed by atoms with van der Waals surface area (Å²) in [5, 5.41) is 17.9. The van der Waals surface area contributed by atoms with Crippen molar-refractivity contribution in [3.05, 3.63) is 0 Å². The molecule has 1 aliphatic carbocycles. The van der Waals surface area contributed by atoms with Crippen molar-refractivity contribution in [1.82, 2.24) is 0 Å². The summed E-state index contributed by atoms with van der Waals surface area (Å²) in [5.41, 5.74) is -1.07. The highest BCUT2D eigenvalue weighted by molar-refractivity contribution is 5.77. The van der Waals surface area contributed by atoms with Crippen LogP contribution in [0.15, 0.2) is 0 Å². The zero-order chi connectivity index (χ0) is 11.5. The summed E-state index contributed by atoms with van der Waals surface area (Å²) in [7, 11) is 0. The Morgan fingerprint density at radius 1 is 1.40 bits per heavy atom. The van der Waals surface area contributed by atoms with E-state index in [1.54, 1.807) is 0 Å². The van der Waals surface area contributed by atoms with Gasteiger partial charge in [-0.3, -0.25) is 0 Å². The van der Waals surface area contributed by atoms with Crippen LogP contribution in [0.1, 0.15) is 39.5 Å². The Morgan fingerprint density at radius 2 is 2.07 bits per heavy atom. The Hall–Kier alpha value is -0.610. The lowest BCUT2D eigenvalue weighted by atomic mass is 9.69. The van der Waals surface area contributed by atoms with Crippen molar-refractivity contribution >= 4 is 5.97 Å². The van der Waals surface area contributed by atoms with E-state index in [-0.39, 0.29) is 18.6 Å². The van der Waals surface area contributed by atoms with Crippen molar-refractivity contribution in [2.75, 3.05) is 13.2 Å². The van der Waals surface area contributed by atoms with Crippen LogP contribution in [-0.4, -0.2) is 35.0 Å². The van der Waals surface area contributed by atoms with Gasteiger partial charge in [0.1, 0.15) is 0 Å². The van der Waals surface area contributed by atoms with Crippen molar-refractivity contribution < 1.29 is 19.7 Å². The molecule has 1 rings (SSSR count). The molecule has 4 nitrogen and oxygen atoms in total. The standard InChI is InChI=1S/C11H20O4/c1-10(2)4-3-5-11(8-10,9(13)14)15-7-6-12/h12H,3-8H2,1-2H3,(H,13,14). The van der Waals surface area contributed by atoms with E-state index in [9.17, 15) is 9.90 Å². The van der Waals surface area contributed by atoms with E-state index in [1.807, 2.05) is 0 Å². The second-order valence-corrected chi connectivity index (χ2v) is 5.07. The Kier molecular flexibility index (Phi) is 3.73. The number of hydrogen-bond acceptors (Lipinski definition) is 3. The first-order valence-corrected chi connectivity index (χ1v) is 5.40. The molecule has 0 saturated heterocycles. The van der Waals surface area contributed by atoms with Gasteiger partial charge in [-0.25, -0.2) is 4.79 Å². The molecule has 0 radical (unpaired) electrons. The Bertz CT molecular complexity index is 237. The molecule has 0 aromatic heterocycles. The molecule has 1 unspecified atom stereocenters. The minimum absolute atomic E-state index is 0.00605. The number of aliphatic hydroxyl groups is 1. The molecular formula is C11H20O4. The van der Waals surface area contributed by atoms with Crippen LogP contribution in [0, 0.1) is 5.41 Å². The maximum atomic E-state index is 11.3. The molecule has 0 aliphatic heterocycles. The largest absolute Gasteiger partial charge is 0.479 e. The van der Waals surface area contributed by atoms with E-state index >= 15 is 0 Å². The number of aliphatic hydroxyl groups excluding tert-OH is 1. The number of rotatable bonds is 4. The average molecular weight is 216 g/mol. The van der Waals surface area contributed by atoms with Gasteiger partial charge < -0.3 is 14.9 Å². The van der Waals surface area contributed by atoms with Gasteiger partial charge in [-0.05, 0) is 31.1 Å². The molecule has 0 amide bonds. The first-order valence-electron chi connectivity index (χ1n) is 5.40. The molecule has 1 atom stereocenters. The Morgan fingerprint density at radius 3 is 2.53 bits per heavy atom. The Labute approximate surface area is 90.2 Å². The molecule has 1 saturated carbocycles. The molecule has 0 heterocycles. The van der Waals surface area contributed by atoms with E-state index in [0.29, 0.717) is 12.8 Å². The highest BCUT2D eigenvalue weighted by Crippen LogP contribution is 2.43. The summed E-state index contributed by atoms with van der Waals surface area (Å²) < 4.78 is 5.37. The van der Waals surface area contributed by atoms with Gasteiger partial charge >= 0.3 is 5.97 Å². The maximum Gasteiger partial charge on any atom is 0.335 e. The van der Waals surface area contributed by atoms with Crippen molar-refractivity contribution in [2.45, 2.75) is 45.1 Å². The average Bonchev–Trinajstić information content (AvgIpc) is 2.13. The molecule has 15 heavy (non-hydrogen) atoms. The molecule has 2 N–H and O–H groups in total. The number of carbonyl (C=O) groups is 1. The number of carboxylic acid groups (broad SMARTS) is 1. The lowest BCUT2D eigenvalue weighted by molar-refractivity contribution is -0.178. The van der Waals surface area contributed by atoms with Crippen LogP contribution < -0.4 is 0 Å². The normalized spacial score (nSPS) is 30.1. The van der Waals surface area contributed by atoms with E-state index in [4.69, 9.17) is 9.84 Å². The highest BCUT2D eigenvalue weighted by Gasteiger charge is 2.46. The van der Waals surface area contributed by atoms with Crippen molar-refractivity contribution in [1.29, 1.82) is 0 Å². The summed E-state index contributed by atoms with van der Waals surface area (Å²) >= 11 is 0. The minimum Gasteiger partial charge on any atom is -0.479 e. The zero-order valence-corrected chi connectivity index (χ0v) is 9.45. The van der Waals surface area contributed by atoms with Crippen LogP contribution in [0.5, 0.6) is 0 Å². The summed E-state index contributed by atoms with van der Waals surface area (Å²) in [6.45, 7) is 4.09. The molecule has 0 aromatic rings. The molecule has 0 spiro atoms. The monoisotopic (exact) mass is 216 g/mol. The van der Waals surface area contributed by atoms with Gasteiger partial charge in [0, 0.05) is 0 Å². The molecule has 4 heteroatoms. The van der Waals surface area contributed by atoms with Crippen LogP contribution in [-0.2, 0) is 9.53 Å². The first-order chi connectivity index (χ1) is 6.92. The molecule has 1 aliphatic rings. The summed E-state index contributed by atoms with van der Waals surface area (Å²) in [5.74, 6) is -0.899. The van der Waals surface area contributed by atoms with Gasteiger partial charge in [0.2, 0.25) is 0 Å². The fourth-order valence-corrected chi connectivity index (χ4v) is 2.41. The van der Waals surface area contributed by atoms with Crippen LogP contribution in [0.2, 0.25) is 0 Å². The van der Waals surface area contributed by atoms with E-state index in [2.05, 4.69) is 13.8 Å². The van der Waals surface area contributed by atoms with Gasteiger partial charge in [0.05, 0.1) is 13.2 Å². The SMILES string of the molecule is CC1(C)CCCC(OCCO)(C(=O)O)C1. The van der Waals surface area contributed by atoms with Crippen molar-refractivity contribution in [3.63, 3.8) is 0 Å². The number of carboxylic acids is 1. The van der Waals surface area contributed by atoms with E-state index in [1.165, 1.54) is 0 Å². The van der Waals surface area contributed by atoms with Gasteiger partial charge in [-0.15, -0.1) is 0 Å². The van der Waals surface area contributed by atoms with Crippen LogP contribution in [0.4, 0.5) is 0 Å². The van der Waals surface area contributed by atoms with Gasteiger partial charge in [0.25, 0.3) is 0 Å². The molecular weight excluding hydrogens is 196 g/mol. The van der Waals surface area contributed by atoms with Gasteiger partial charge in [0.15, 0.2) is 5.60 Å². The second kappa shape index (κ2) is 4.49. The first kappa shape index (κ1) is 12.5. The second-order valence-electron chi connectivity index (χ2n) is 5.07. The quantitative estimate of drug-likeness (QED) is 0.745. The molecule has 0 aromatic carbocycles. The predicted molar refractivity (Wildman–Crippen MR) is 55.7 cm³/mol. The topological polar surface area (TPSA) is 66.8 Å². The summed E-state index contributed by atoms with van der Waals surface area (Å²) in [6, 6.07) is 0. The fraction of sp³-hybridized carbons (Fsp3) is 0.909. The third-order valence-electron chi connectivity index (χ3n) is 3.06. The van der Waals surface area contributed by atoms with Crippen molar-refractivity contribution in [2.24, 2.45) is 5.41 Å². The maximum absolute atomic E-state index is 11.3. The smallest absolute Gasteiger partial charge is 0.335 e. The molecule has 0 bridgehead atoms. The number of hydrogen-bond donors (Lipinski definition) is 2. The summed E-state index contributed by atoms with van der Waals surface area (Å²) in [6.07, 6.45) is 2.97.